The molecule has 4 heteroatoms. The van der Waals surface area contributed by atoms with E-state index in [-0.39, 0.29) is 0 Å². The number of nitrogens with zero attached hydrogens (tertiary/aromatic N) is 1. The number of benzene rings is 2. The summed E-state index contributed by atoms with van der Waals surface area (Å²) in [6, 6.07) is 19.4. The maximum absolute atomic E-state index is 5.84. The molecule has 0 aliphatic rings. The van der Waals surface area contributed by atoms with Crippen LogP contribution in [-0.4, -0.2) is 17.5 Å². The van der Waals surface area contributed by atoms with Gasteiger partial charge in [-0.1, -0.05) is 48.2 Å². The summed E-state index contributed by atoms with van der Waals surface area (Å²) in [5.41, 5.74) is 6.71. The molecule has 2 N–H and O–H groups in total. The van der Waals surface area contributed by atoms with E-state index >= 15 is 0 Å². The number of aliphatic imine (C=N–C) groups is 1. The Hall–Kier alpha value is -1.94. The molecule has 0 spiro atoms. The smallest absolute Gasteiger partial charge is 0.159 e. The summed E-state index contributed by atoms with van der Waals surface area (Å²) in [5, 5.41) is 0.558. The maximum Gasteiger partial charge on any atom is 0.159 e. The molecule has 2 aromatic carbocycles. The number of nitrogens with two attached hydrogens (primary N) is 1. The lowest BCUT2D eigenvalue weighted by Gasteiger charge is -2.05. The molecule has 19 heavy (non-hydrogen) atoms. The van der Waals surface area contributed by atoms with E-state index in [1.54, 1.807) is 0 Å². The number of para-hydroxylation sites is 2. The predicted molar refractivity (Wildman–Crippen MR) is 82.1 cm³/mol. The third-order valence-electron chi connectivity index (χ3n) is 2.34. The molecule has 3 nitrogen and oxygen atoms in total. The number of ether oxygens (including phenoxy) is 1. The van der Waals surface area contributed by atoms with Crippen LogP contribution in [0.15, 0.2) is 65.7 Å². The molecular weight excluding hydrogens is 256 g/mol. The minimum atomic E-state index is 0.558. The van der Waals surface area contributed by atoms with Crippen molar-refractivity contribution >= 4 is 22.6 Å². The molecule has 0 unspecified atom stereocenters. The number of hydrogen-bond donors (Lipinski definition) is 1. The molecule has 0 aromatic heterocycles. The van der Waals surface area contributed by atoms with Crippen molar-refractivity contribution in [3.63, 3.8) is 0 Å². The fraction of sp³-hybridized carbons (Fsp3) is 0.133. The first-order valence-corrected chi connectivity index (χ1v) is 7.03. The fourth-order valence-electron chi connectivity index (χ4n) is 1.48. The second kappa shape index (κ2) is 7.48. The van der Waals surface area contributed by atoms with E-state index in [4.69, 9.17) is 10.5 Å². The zero-order valence-electron chi connectivity index (χ0n) is 10.5. The first-order chi connectivity index (χ1) is 9.34. The first-order valence-electron chi connectivity index (χ1n) is 6.04. The van der Waals surface area contributed by atoms with Crippen LogP contribution in [0.3, 0.4) is 0 Å². The Labute approximate surface area is 117 Å². The normalized spacial score (nSPS) is 11.3. The number of hydrogen-bond acceptors (Lipinski definition) is 3. The lowest BCUT2D eigenvalue weighted by Crippen LogP contribution is -2.10. The van der Waals surface area contributed by atoms with Crippen molar-refractivity contribution in [3.8, 4) is 5.75 Å². The fourth-order valence-corrected chi connectivity index (χ4v) is 2.03. The van der Waals surface area contributed by atoms with E-state index in [9.17, 15) is 0 Å². The van der Waals surface area contributed by atoms with Gasteiger partial charge in [-0.25, -0.2) is 4.99 Å². The zero-order chi connectivity index (χ0) is 13.3. The summed E-state index contributed by atoms with van der Waals surface area (Å²) >= 11 is 1.49. The van der Waals surface area contributed by atoms with E-state index in [1.165, 1.54) is 11.8 Å². The molecule has 0 radical (unpaired) electrons. The first kappa shape index (κ1) is 13.5. The van der Waals surface area contributed by atoms with Crippen LogP contribution in [0, 0.1) is 0 Å². The van der Waals surface area contributed by atoms with Crippen molar-refractivity contribution in [1.82, 2.24) is 0 Å². The highest BCUT2D eigenvalue weighted by Crippen LogP contribution is 2.13. The standard InChI is InChI=1S/C15H16N2OS/c16-15(17-13-7-3-1-4-8-13)19-12-11-18-14-9-5-2-6-10-14/h1-10H,11-12H2,(H2,16,17). The van der Waals surface area contributed by atoms with Crippen LogP contribution in [0.25, 0.3) is 0 Å². The van der Waals surface area contributed by atoms with Crippen molar-refractivity contribution < 1.29 is 4.74 Å². The highest BCUT2D eigenvalue weighted by Gasteiger charge is 1.96. The van der Waals surface area contributed by atoms with E-state index < -0.39 is 0 Å². The second-order valence-electron chi connectivity index (χ2n) is 3.80. The monoisotopic (exact) mass is 272 g/mol. The Morgan fingerprint density at radius 1 is 1.00 bits per heavy atom. The topological polar surface area (TPSA) is 47.6 Å². The number of thioether (sulfide) groups is 1. The van der Waals surface area contributed by atoms with Crippen molar-refractivity contribution in [2.75, 3.05) is 12.4 Å². The molecule has 0 atom stereocenters. The van der Waals surface area contributed by atoms with Crippen molar-refractivity contribution in [3.05, 3.63) is 60.7 Å². The van der Waals surface area contributed by atoms with Crippen LogP contribution in [0.1, 0.15) is 0 Å². The quantitative estimate of drug-likeness (QED) is 0.515. The van der Waals surface area contributed by atoms with Gasteiger partial charge in [0.2, 0.25) is 0 Å². The van der Waals surface area contributed by atoms with Gasteiger partial charge in [0, 0.05) is 5.75 Å². The highest BCUT2D eigenvalue weighted by atomic mass is 32.2. The molecule has 0 heterocycles. The van der Waals surface area contributed by atoms with Gasteiger partial charge in [0.05, 0.1) is 12.3 Å². The molecular formula is C15H16N2OS. The number of amidine groups is 1. The second-order valence-corrected chi connectivity index (χ2v) is 4.91. The lowest BCUT2D eigenvalue weighted by atomic mass is 10.3. The molecule has 0 aliphatic heterocycles. The highest BCUT2D eigenvalue weighted by molar-refractivity contribution is 8.13. The van der Waals surface area contributed by atoms with E-state index in [0.717, 1.165) is 17.2 Å². The molecule has 0 bridgehead atoms. The number of rotatable bonds is 5. The van der Waals surface area contributed by atoms with E-state index in [2.05, 4.69) is 4.99 Å². The van der Waals surface area contributed by atoms with Gasteiger partial charge in [0.1, 0.15) is 5.75 Å². The van der Waals surface area contributed by atoms with Gasteiger partial charge in [-0.05, 0) is 24.3 Å². The average molecular weight is 272 g/mol. The van der Waals surface area contributed by atoms with Crippen molar-refractivity contribution in [2.45, 2.75) is 0 Å². The summed E-state index contributed by atoms with van der Waals surface area (Å²) in [4.78, 5) is 4.31. The SMILES string of the molecule is NC(=Nc1ccccc1)SCCOc1ccccc1. The Morgan fingerprint density at radius 3 is 2.32 bits per heavy atom. The van der Waals surface area contributed by atoms with Crippen LogP contribution < -0.4 is 10.5 Å². The van der Waals surface area contributed by atoms with Crippen molar-refractivity contribution in [1.29, 1.82) is 0 Å². The van der Waals surface area contributed by atoms with Gasteiger partial charge in [0.25, 0.3) is 0 Å². The van der Waals surface area contributed by atoms with Crippen LogP contribution in [0.5, 0.6) is 5.75 Å². The molecule has 98 valence electrons. The summed E-state index contributed by atoms with van der Waals surface area (Å²) in [6.45, 7) is 0.611. The Balaban J connectivity index is 1.72. The predicted octanol–water partition coefficient (Wildman–Crippen LogP) is 3.45. The average Bonchev–Trinajstić information content (AvgIpc) is 2.46. The largest absolute Gasteiger partial charge is 0.493 e. The Kier molecular flexibility index (Phi) is 5.31. The maximum atomic E-state index is 5.84. The third-order valence-corrected chi connectivity index (χ3v) is 3.10. The molecule has 0 saturated carbocycles. The van der Waals surface area contributed by atoms with Crippen LogP contribution >= 0.6 is 11.8 Å². The molecule has 0 amide bonds. The summed E-state index contributed by atoms with van der Waals surface area (Å²) < 4.78 is 5.58. The van der Waals surface area contributed by atoms with Crippen molar-refractivity contribution in [2.24, 2.45) is 10.7 Å². The molecule has 2 aromatic rings. The summed E-state index contributed by atoms with van der Waals surface area (Å²) in [6.07, 6.45) is 0. The minimum absolute atomic E-state index is 0.558. The van der Waals surface area contributed by atoms with Gasteiger partial charge in [0.15, 0.2) is 5.17 Å². The molecule has 0 fully saturated rings. The van der Waals surface area contributed by atoms with E-state index in [1.807, 2.05) is 60.7 Å². The minimum Gasteiger partial charge on any atom is -0.493 e. The van der Waals surface area contributed by atoms with Gasteiger partial charge >= 0.3 is 0 Å². The Morgan fingerprint density at radius 2 is 1.63 bits per heavy atom. The van der Waals surface area contributed by atoms with Crippen LogP contribution in [0.2, 0.25) is 0 Å². The third kappa shape index (κ3) is 5.06. The zero-order valence-corrected chi connectivity index (χ0v) is 11.3. The summed E-state index contributed by atoms with van der Waals surface area (Å²) in [5.74, 6) is 1.65. The van der Waals surface area contributed by atoms with Gasteiger partial charge in [-0.3, -0.25) is 0 Å². The van der Waals surface area contributed by atoms with Gasteiger partial charge < -0.3 is 10.5 Å². The lowest BCUT2D eigenvalue weighted by molar-refractivity contribution is 0.344. The molecule has 0 aliphatic carbocycles. The van der Waals surface area contributed by atoms with Gasteiger partial charge in [-0.15, -0.1) is 0 Å². The summed E-state index contributed by atoms with van der Waals surface area (Å²) in [7, 11) is 0. The van der Waals surface area contributed by atoms with Crippen LogP contribution in [0.4, 0.5) is 5.69 Å². The molecule has 0 saturated heterocycles. The van der Waals surface area contributed by atoms with Crippen LogP contribution in [-0.2, 0) is 0 Å². The van der Waals surface area contributed by atoms with E-state index in [0.29, 0.717) is 11.8 Å². The Bertz CT molecular complexity index is 514. The molecule has 2 rings (SSSR count). The van der Waals surface area contributed by atoms with Gasteiger partial charge in [-0.2, -0.15) is 0 Å².